The fourth-order valence-electron chi connectivity index (χ4n) is 1.33. The second-order valence-electron chi connectivity index (χ2n) is 3.93. The molecule has 0 aliphatic heterocycles. The summed E-state index contributed by atoms with van der Waals surface area (Å²) in [5.74, 6) is -0.248. The monoisotopic (exact) mass is 368 g/mol. The molecule has 0 aromatic heterocycles. The van der Waals surface area contributed by atoms with Crippen molar-refractivity contribution in [3.63, 3.8) is 0 Å². The Bertz CT molecular complexity index is 543. The van der Waals surface area contributed by atoms with Gasteiger partial charge in [-0.3, -0.25) is 4.79 Å². The molecule has 0 saturated carbocycles. The van der Waals surface area contributed by atoms with E-state index < -0.39 is 10.0 Å². The normalized spacial score (nSPS) is 11.3. The van der Waals surface area contributed by atoms with Gasteiger partial charge in [0.2, 0.25) is 10.0 Å². The summed E-state index contributed by atoms with van der Waals surface area (Å²) in [6.07, 6.45) is 1.61. The molecule has 0 saturated heterocycles. The van der Waals surface area contributed by atoms with E-state index in [0.717, 1.165) is 10.7 Å². The van der Waals surface area contributed by atoms with Gasteiger partial charge in [-0.1, -0.05) is 27.5 Å². The molecule has 19 heavy (non-hydrogen) atoms. The van der Waals surface area contributed by atoms with E-state index in [4.69, 9.17) is 11.6 Å². The van der Waals surface area contributed by atoms with Crippen LogP contribution >= 0.6 is 27.5 Å². The van der Waals surface area contributed by atoms with Crippen molar-refractivity contribution < 1.29 is 13.2 Å². The number of carbonyl (C=O) groups is 1. The van der Waals surface area contributed by atoms with Gasteiger partial charge in [0.1, 0.15) is 0 Å². The zero-order valence-electron chi connectivity index (χ0n) is 10.2. The molecule has 0 bridgehead atoms. The summed E-state index contributed by atoms with van der Waals surface area (Å²) in [6.45, 7) is 0.670. The van der Waals surface area contributed by atoms with Crippen LogP contribution in [0.5, 0.6) is 0 Å². The molecule has 0 fully saturated rings. The molecule has 0 unspecified atom stereocenters. The number of nitrogens with one attached hydrogen (secondary N) is 2. The quantitative estimate of drug-likeness (QED) is 0.751. The maximum atomic E-state index is 11.8. The lowest BCUT2D eigenvalue weighted by atomic mass is 10.2. The van der Waals surface area contributed by atoms with E-state index in [1.807, 2.05) is 0 Å². The van der Waals surface area contributed by atoms with Gasteiger partial charge >= 0.3 is 0 Å². The van der Waals surface area contributed by atoms with Crippen molar-refractivity contribution in [3.05, 3.63) is 33.3 Å². The molecule has 2 N–H and O–H groups in total. The lowest BCUT2D eigenvalue weighted by Gasteiger charge is -2.06. The van der Waals surface area contributed by atoms with Gasteiger partial charge in [0.05, 0.1) is 6.26 Å². The molecule has 1 amide bonds. The van der Waals surface area contributed by atoms with Crippen molar-refractivity contribution in [2.24, 2.45) is 0 Å². The standard InChI is InChI=1S/C11H14BrClN2O3S/c1-19(17,18)15-4-2-3-14-11(16)8-5-9(12)7-10(13)6-8/h5-7,15H,2-4H2,1H3,(H,14,16). The lowest BCUT2D eigenvalue weighted by molar-refractivity contribution is 0.0953. The highest BCUT2D eigenvalue weighted by atomic mass is 79.9. The van der Waals surface area contributed by atoms with Gasteiger partial charge in [-0.15, -0.1) is 0 Å². The van der Waals surface area contributed by atoms with Gasteiger partial charge in [-0.05, 0) is 24.6 Å². The molecule has 0 radical (unpaired) electrons. The predicted molar refractivity (Wildman–Crippen MR) is 78.9 cm³/mol. The Morgan fingerprint density at radius 3 is 2.58 bits per heavy atom. The number of hydrogen-bond acceptors (Lipinski definition) is 3. The number of hydrogen-bond donors (Lipinski definition) is 2. The Morgan fingerprint density at radius 1 is 1.32 bits per heavy atom. The van der Waals surface area contributed by atoms with E-state index in [9.17, 15) is 13.2 Å². The molecule has 0 spiro atoms. The molecule has 1 aromatic rings. The first-order valence-corrected chi connectivity index (χ1v) is 8.53. The van der Waals surface area contributed by atoms with Crippen LogP contribution in [0.2, 0.25) is 5.02 Å². The molecule has 0 heterocycles. The summed E-state index contributed by atoms with van der Waals surface area (Å²) < 4.78 is 24.7. The van der Waals surface area contributed by atoms with Crippen LogP contribution in [-0.4, -0.2) is 33.7 Å². The average Bonchev–Trinajstić information content (AvgIpc) is 2.25. The largest absolute Gasteiger partial charge is 0.352 e. The second-order valence-corrected chi connectivity index (χ2v) is 7.12. The number of amides is 1. The topological polar surface area (TPSA) is 75.3 Å². The predicted octanol–water partition coefficient (Wildman–Crippen LogP) is 1.77. The van der Waals surface area contributed by atoms with Gasteiger partial charge in [0.25, 0.3) is 5.91 Å². The Labute approximate surface area is 125 Å². The van der Waals surface area contributed by atoms with E-state index >= 15 is 0 Å². The van der Waals surface area contributed by atoms with Crippen molar-refractivity contribution in [2.75, 3.05) is 19.3 Å². The fourth-order valence-corrected chi connectivity index (χ4v) is 2.71. The van der Waals surface area contributed by atoms with Crippen molar-refractivity contribution in [2.45, 2.75) is 6.42 Å². The number of sulfonamides is 1. The maximum Gasteiger partial charge on any atom is 0.251 e. The smallest absolute Gasteiger partial charge is 0.251 e. The SMILES string of the molecule is CS(=O)(=O)NCCCNC(=O)c1cc(Cl)cc(Br)c1. The van der Waals surface area contributed by atoms with Crippen molar-refractivity contribution >= 4 is 43.5 Å². The minimum Gasteiger partial charge on any atom is -0.352 e. The van der Waals surface area contributed by atoms with Crippen molar-refractivity contribution in [3.8, 4) is 0 Å². The number of benzene rings is 1. The molecule has 5 nitrogen and oxygen atoms in total. The Morgan fingerprint density at radius 2 is 2.00 bits per heavy atom. The third-order valence-corrected chi connectivity index (χ3v) is 3.53. The molecule has 1 aromatic carbocycles. The van der Waals surface area contributed by atoms with Crippen molar-refractivity contribution in [1.82, 2.24) is 10.0 Å². The third kappa shape index (κ3) is 6.91. The Hall–Kier alpha value is -0.630. The first-order chi connectivity index (χ1) is 8.78. The van der Waals surface area contributed by atoms with E-state index in [1.54, 1.807) is 18.2 Å². The first kappa shape index (κ1) is 16.4. The van der Waals surface area contributed by atoms with Gasteiger partial charge in [-0.25, -0.2) is 13.1 Å². The fraction of sp³-hybridized carbons (Fsp3) is 0.364. The summed E-state index contributed by atoms with van der Waals surface area (Å²) in [4.78, 5) is 11.8. The minimum absolute atomic E-state index is 0.248. The minimum atomic E-state index is -3.17. The third-order valence-electron chi connectivity index (χ3n) is 2.13. The molecular weight excluding hydrogens is 356 g/mol. The molecular formula is C11H14BrClN2O3S. The molecule has 106 valence electrons. The Kier molecular flexibility index (Phi) is 6.25. The highest BCUT2D eigenvalue weighted by Gasteiger charge is 2.07. The molecule has 8 heteroatoms. The van der Waals surface area contributed by atoms with E-state index in [-0.39, 0.29) is 5.91 Å². The lowest BCUT2D eigenvalue weighted by Crippen LogP contribution is -2.29. The molecule has 1 rings (SSSR count). The van der Waals surface area contributed by atoms with E-state index in [2.05, 4.69) is 26.0 Å². The first-order valence-electron chi connectivity index (χ1n) is 5.47. The summed E-state index contributed by atoms with van der Waals surface area (Å²) in [7, 11) is -3.17. The van der Waals surface area contributed by atoms with Crippen LogP contribution in [0.15, 0.2) is 22.7 Å². The second kappa shape index (κ2) is 7.23. The summed E-state index contributed by atoms with van der Waals surface area (Å²) >= 11 is 9.10. The summed E-state index contributed by atoms with van der Waals surface area (Å²) in [5.41, 5.74) is 0.454. The highest BCUT2D eigenvalue weighted by molar-refractivity contribution is 9.10. The summed E-state index contributed by atoms with van der Waals surface area (Å²) in [6, 6.07) is 4.92. The molecule has 0 aliphatic rings. The van der Waals surface area contributed by atoms with Crippen LogP contribution < -0.4 is 10.0 Å². The van der Waals surface area contributed by atoms with Gasteiger partial charge < -0.3 is 5.32 Å². The zero-order chi connectivity index (χ0) is 14.5. The van der Waals surface area contributed by atoms with Gasteiger partial charge in [0.15, 0.2) is 0 Å². The number of halogens is 2. The zero-order valence-corrected chi connectivity index (χ0v) is 13.4. The molecule has 0 aliphatic carbocycles. The van der Waals surface area contributed by atoms with Gasteiger partial charge in [0, 0.05) is 28.1 Å². The van der Waals surface area contributed by atoms with Crippen LogP contribution in [0, 0.1) is 0 Å². The Balaban J connectivity index is 2.39. The summed E-state index contributed by atoms with van der Waals surface area (Å²) in [5, 5.41) is 3.16. The van der Waals surface area contributed by atoms with Crippen LogP contribution in [0.25, 0.3) is 0 Å². The number of carbonyl (C=O) groups excluding carboxylic acids is 1. The van der Waals surface area contributed by atoms with E-state index in [1.165, 1.54) is 0 Å². The maximum absolute atomic E-state index is 11.8. The van der Waals surface area contributed by atoms with Crippen LogP contribution in [0.4, 0.5) is 0 Å². The van der Waals surface area contributed by atoms with Crippen LogP contribution in [0.1, 0.15) is 16.8 Å². The van der Waals surface area contributed by atoms with Gasteiger partial charge in [-0.2, -0.15) is 0 Å². The highest BCUT2D eigenvalue weighted by Crippen LogP contribution is 2.19. The number of rotatable bonds is 6. The van der Waals surface area contributed by atoms with Crippen LogP contribution in [-0.2, 0) is 10.0 Å². The van der Waals surface area contributed by atoms with E-state index in [0.29, 0.717) is 30.1 Å². The van der Waals surface area contributed by atoms with Crippen LogP contribution in [0.3, 0.4) is 0 Å². The van der Waals surface area contributed by atoms with Crippen molar-refractivity contribution in [1.29, 1.82) is 0 Å². The molecule has 0 atom stereocenters. The average molecular weight is 370 g/mol.